The van der Waals surface area contributed by atoms with E-state index in [9.17, 15) is 0 Å². The van der Waals surface area contributed by atoms with Crippen molar-refractivity contribution in [1.82, 2.24) is 9.97 Å². The maximum atomic E-state index is 4.16. The third kappa shape index (κ3) is 2.58. The van der Waals surface area contributed by atoms with E-state index < -0.39 is 0 Å². The molecule has 0 amide bonds. The molecule has 2 heterocycles. The van der Waals surface area contributed by atoms with Crippen LogP contribution >= 0.6 is 11.3 Å². The normalized spacial score (nSPS) is 10.8. The summed E-state index contributed by atoms with van der Waals surface area (Å²) in [5, 5.41) is 4.71. The Morgan fingerprint density at radius 1 is 1.21 bits per heavy atom. The minimum Gasteiger partial charge on any atom is -0.370 e. The highest BCUT2D eigenvalue weighted by Gasteiger charge is 2.07. The van der Waals surface area contributed by atoms with Gasteiger partial charge in [-0.05, 0) is 36.4 Å². The quantitative estimate of drug-likeness (QED) is 0.785. The van der Waals surface area contributed by atoms with Gasteiger partial charge < -0.3 is 5.32 Å². The van der Waals surface area contributed by atoms with Crippen molar-refractivity contribution in [3.8, 4) is 0 Å². The first-order chi connectivity index (χ1) is 9.34. The molecule has 19 heavy (non-hydrogen) atoms. The molecule has 3 rings (SSSR count). The Morgan fingerprint density at radius 2 is 2.11 bits per heavy atom. The van der Waals surface area contributed by atoms with E-state index in [4.69, 9.17) is 0 Å². The second kappa shape index (κ2) is 5.36. The molecular formula is C15H15N3S. The molecule has 0 bridgehead atoms. The van der Waals surface area contributed by atoms with Crippen LogP contribution in [0.4, 0.5) is 5.82 Å². The molecule has 4 heteroatoms. The summed E-state index contributed by atoms with van der Waals surface area (Å²) in [6.07, 6.45) is 4.33. The van der Waals surface area contributed by atoms with Gasteiger partial charge in [-0.2, -0.15) is 0 Å². The number of anilines is 1. The molecule has 2 aromatic heterocycles. The van der Waals surface area contributed by atoms with E-state index in [0.29, 0.717) is 0 Å². The van der Waals surface area contributed by atoms with Gasteiger partial charge in [0.05, 0.1) is 0 Å². The molecule has 96 valence electrons. The number of hydrogen-bond acceptors (Lipinski definition) is 4. The van der Waals surface area contributed by atoms with Gasteiger partial charge in [0.2, 0.25) is 0 Å². The van der Waals surface area contributed by atoms with E-state index in [2.05, 4.69) is 46.5 Å². The average Bonchev–Trinajstić information content (AvgIpc) is 2.76. The topological polar surface area (TPSA) is 37.8 Å². The average molecular weight is 269 g/mol. The Morgan fingerprint density at radius 3 is 2.95 bits per heavy atom. The van der Waals surface area contributed by atoms with Gasteiger partial charge in [-0.15, -0.1) is 11.3 Å². The van der Waals surface area contributed by atoms with Crippen molar-refractivity contribution in [2.24, 2.45) is 0 Å². The predicted molar refractivity (Wildman–Crippen MR) is 80.8 cm³/mol. The van der Waals surface area contributed by atoms with Crippen LogP contribution in [0.2, 0.25) is 0 Å². The van der Waals surface area contributed by atoms with E-state index in [1.165, 1.54) is 20.5 Å². The zero-order valence-electron chi connectivity index (χ0n) is 10.8. The van der Waals surface area contributed by atoms with Gasteiger partial charge in [0.15, 0.2) is 0 Å². The van der Waals surface area contributed by atoms with Crippen LogP contribution in [0.25, 0.3) is 10.1 Å². The molecular weight excluding hydrogens is 254 g/mol. The second-order valence-electron chi connectivity index (χ2n) is 4.40. The molecule has 0 saturated carbocycles. The van der Waals surface area contributed by atoms with Gasteiger partial charge in [0, 0.05) is 22.3 Å². The van der Waals surface area contributed by atoms with E-state index >= 15 is 0 Å². The molecule has 0 aliphatic heterocycles. The summed E-state index contributed by atoms with van der Waals surface area (Å²) in [6, 6.07) is 10.5. The van der Waals surface area contributed by atoms with E-state index in [1.807, 2.05) is 17.4 Å². The third-order valence-electron chi connectivity index (χ3n) is 3.16. The summed E-state index contributed by atoms with van der Waals surface area (Å²) in [5.74, 6) is 0.882. The number of aryl methyl sites for hydroxylation is 1. The van der Waals surface area contributed by atoms with Gasteiger partial charge in [-0.1, -0.05) is 18.2 Å². The Labute approximate surface area is 116 Å². The maximum Gasteiger partial charge on any atom is 0.129 e. The van der Waals surface area contributed by atoms with E-state index in [1.54, 1.807) is 12.5 Å². The highest BCUT2D eigenvalue weighted by molar-refractivity contribution is 7.19. The smallest absolute Gasteiger partial charge is 0.129 e. The van der Waals surface area contributed by atoms with Crippen LogP contribution in [0.15, 0.2) is 42.9 Å². The highest BCUT2D eigenvalue weighted by Crippen LogP contribution is 2.30. The van der Waals surface area contributed by atoms with Crippen molar-refractivity contribution in [2.75, 3.05) is 11.9 Å². The molecule has 3 nitrogen and oxygen atoms in total. The fourth-order valence-electron chi connectivity index (χ4n) is 2.24. The zero-order chi connectivity index (χ0) is 13.1. The molecule has 1 N–H and O–H groups in total. The van der Waals surface area contributed by atoms with Crippen LogP contribution < -0.4 is 5.32 Å². The number of hydrogen-bond donors (Lipinski definition) is 1. The molecule has 1 aromatic carbocycles. The number of aromatic nitrogens is 2. The van der Waals surface area contributed by atoms with Gasteiger partial charge in [0.25, 0.3) is 0 Å². The van der Waals surface area contributed by atoms with Crippen molar-refractivity contribution in [3.63, 3.8) is 0 Å². The second-order valence-corrected chi connectivity index (χ2v) is 5.66. The van der Waals surface area contributed by atoms with Crippen LogP contribution in [-0.4, -0.2) is 16.5 Å². The van der Waals surface area contributed by atoms with Crippen LogP contribution in [0.1, 0.15) is 10.4 Å². The van der Waals surface area contributed by atoms with Crippen LogP contribution in [0.3, 0.4) is 0 Å². The third-order valence-corrected chi connectivity index (χ3v) is 4.29. The lowest BCUT2D eigenvalue weighted by Crippen LogP contribution is -2.06. The fourth-order valence-corrected chi connectivity index (χ4v) is 3.36. The van der Waals surface area contributed by atoms with Crippen molar-refractivity contribution in [3.05, 3.63) is 53.3 Å². The van der Waals surface area contributed by atoms with Gasteiger partial charge >= 0.3 is 0 Å². The van der Waals surface area contributed by atoms with Gasteiger partial charge in [0.1, 0.15) is 12.1 Å². The number of fused-ring (bicyclic) bond motifs is 1. The minimum atomic E-state index is 0.882. The molecule has 0 aliphatic carbocycles. The van der Waals surface area contributed by atoms with Crippen LogP contribution in [0, 0.1) is 6.92 Å². The van der Waals surface area contributed by atoms with Crippen molar-refractivity contribution >= 4 is 27.2 Å². The first-order valence-electron chi connectivity index (χ1n) is 6.31. The molecule has 0 radical (unpaired) electrons. The largest absolute Gasteiger partial charge is 0.370 e. The molecule has 0 aliphatic rings. The first-order valence-corrected chi connectivity index (χ1v) is 7.13. The maximum absolute atomic E-state index is 4.16. The molecule has 0 atom stereocenters. The summed E-state index contributed by atoms with van der Waals surface area (Å²) in [4.78, 5) is 9.48. The Kier molecular flexibility index (Phi) is 3.42. The van der Waals surface area contributed by atoms with Crippen LogP contribution in [0.5, 0.6) is 0 Å². The minimum absolute atomic E-state index is 0.882. The van der Waals surface area contributed by atoms with E-state index in [0.717, 1.165) is 18.8 Å². The lowest BCUT2D eigenvalue weighted by atomic mass is 10.1. The van der Waals surface area contributed by atoms with E-state index in [-0.39, 0.29) is 0 Å². The Bertz CT molecular complexity index is 676. The van der Waals surface area contributed by atoms with Crippen molar-refractivity contribution in [1.29, 1.82) is 0 Å². The number of thiophene rings is 1. The molecule has 0 saturated heterocycles. The summed E-state index contributed by atoms with van der Waals surface area (Å²) in [5.41, 5.74) is 1.45. The number of rotatable bonds is 4. The number of nitrogens with one attached hydrogen (secondary N) is 1. The summed E-state index contributed by atoms with van der Waals surface area (Å²) in [7, 11) is 0. The van der Waals surface area contributed by atoms with Crippen molar-refractivity contribution < 1.29 is 0 Å². The summed E-state index contributed by atoms with van der Waals surface area (Å²) >= 11 is 1.87. The number of benzene rings is 1. The first kappa shape index (κ1) is 12.1. The standard InChI is InChI=1S/C15H15N3S/c1-11-12(13-4-2-3-5-14(13)19-11)6-9-17-15-7-8-16-10-18-15/h2-5,7-8,10H,6,9H2,1H3,(H,16,17,18). The van der Waals surface area contributed by atoms with Crippen LogP contribution in [-0.2, 0) is 6.42 Å². The van der Waals surface area contributed by atoms with Gasteiger partial charge in [-0.3, -0.25) is 0 Å². The summed E-state index contributed by atoms with van der Waals surface area (Å²) in [6.45, 7) is 3.09. The van der Waals surface area contributed by atoms with Crippen molar-refractivity contribution in [2.45, 2.75) is 13.3 Å². The molecule has 0 unspecified atom stereocenters. The molecule has 0 spiro atoms. The zero-order valence-corrected chi connectivity index (χ0v) is 11.6. The lowest BCUT2D eigenvalue weighted by molar-refractivity contribution is 1.00. The monoisotopic (exact) mass is 269 g/mol. The lowest BCUT2D eigenvalue weighted by Gasteiger charge is -2.05. The number of nitrogens with zero attached hydrogens (tertiary/aromatic N) is 2. The predicted octanol–water partition coefficient (Wildman–Crippen LogP) is 3.65. The highest BCUT2D eigenvalue weighted by atomic mass is 32.1. The molecule has 0 fully saturated rings. The fraction of sp³-hybridized carbons (Fsp3) is 0.200. The molecule has 3 aromatic rings. The Balaban J connectivity index is 1.73. The SMILES string of the molecule is Cc1sc2ccccc2c1CCNc1ccncn1. The Hall–Kier alpha value is -1.94. The van der Waals surface area contributed by atoms with Gasteiger partial charge in [-0.25, -0.2) is 9.97 Å². The summed E-state index contributed by atoms with van der Waals surface area (Å²) < 4.78 is 1.37.